The molecule has 4 heteroatoms. The molecule has 48 valence electrons. The second-order valence-electron chi connectivity index (χ2n) is 1.36. The van der Waals surface area contributed by atoms with Gasteiger partial charge in [0, 0.05) is 0 Å². The van der Waals surface area contributed by atoms with Crippen molar-refractivity contribution in [1.29, 1.82) is 0 Å². The summed E-state index contributed by atoms with van der Waals surface area (Å²) in [6.07, 6.45) is 1.99. The average Bonchev–Trinajstić information content (AvgIpc) is 1.67. The van der Waals surface area contributed by atoms with Crippen molar-refractivity contribution in [1.82, 2.24) is 0 Å². The van der Waals surface area contributed by atoms with E-state index in [9.17, 15) is 0 Å². The molecule has 0 aliphatic carbocycles. The zero-order valence-electron chi connectivity index (χ0n) is 4.55. The Morgan fingerprint density at radius 2 is 2.00 bits per heavy atom. The van der Waals surface area contributed by atoms with Crippen molar-refractivity contribution in [2.75, 3.05) is 0 Å². The van der Waals surface area contributed by atoms with E-state index in [1.807, 2.05) is 0 Å². The molecule has 0 saturated heterocycles. The van der Waals surface area contributed by atoms with Gasteiger partial charge in [-0.25, -0.2) is 0 Å². The molecule has 0 radical (unpaired) electrons. The van der Waals surface area contributed by atoms with Crippen LogP contribution in [0.2, 0.25) is 0 Å². The minimum absolute atomic E-state index is 0.462. The van der Waals surface area contributed by atoms with Crippen LogP contribution in [-0.4, -0.2) is 4.20 Å². The van der Waals surface area contributed by atoms with Gasteiger partial charge in [-0.3, -0.25) is 22.4 Å². The summed E-state index contributed by atoms with van der Waals surface area (Å²) in [5.41, 5.74) is 0. The molecule has 0 aliphatic heterocycles. The van der Waals surface area contributed by atoms with E-state index in [-0.39, 0.29) is 0 Å². The van der Waals surface area contributed by atoms with Crippen LogP contribution in [0.1, 0.15) is 19.8 Å². The molecule has 0 saturated carbocycles. The lowest BCUT2D eigenvalue weighted by atomic mass is 10.4. The summed E-state index contributed by atoms with van der Waals surface area (Å²) >= 11 is 14.4. The Balaban J connectivity index is 3.67. The Bertz CT molecular complexity index is 136. The first kappa shape index (κ1) is 8.88. The van der Waals surface area contributed by atoms with Gasteiger partial charge in [0.2, 0.25) is 0 Å². The highest BCUT2D eigenvalue weighted by Crippen LogP contribution is 1.91. The first-order valence-corrected chi connectivity index (χ1v) is 5.79. The van der Waals surface area contributed by atoms with Crippen molar-refractivity contribution in [2.24, 2.45) is 0 Å². The van der Waals surface area contributed by atoms with Crippen molar-refractivity contribution < 1.29 is 0 Å². The summed E-state index contributed by atoms with van der Waals surface area (Å²) in [4.78, 5) is 0. The molecular formula is C4H7S4-. The predicted molar refractivity (Wildman–Crippen MR) is 49.6 cm³/mol. The standard InChI is InChI=1S/C4H7S4/c1-2-3-4(5)8(6)7/h2-3H2,1H3/q-1. The first-order valence-electron chi connectivity index (χ1n) is 2.30. The lowest BCUT2D eigenvalue weighted by Gasteiger charge is -2.01. The summed E-state index contributed by atoms with van der Waals surface area (Å²) in [5, 5.41) is 0. The second kappa shape index (κ2) is 4.73. The largest absolute Gasteiger partial charge is 0.313 e. The molecule has 0 aliphatic rings. The fourth-order valence-electron chi connectivity index (χ4n) is 0.287. The van der Waals surface area contributed by atoms with Gasteiger partial charge in [-0.2, -0.15) is 0 Å². The molecule has 0 aromatic heterocycles. The molecule has 0 atom stereocenters. The molecule has 0 fully saturated rings. The van der Waals surface area contributed by atoms with E-state index in [2.05, 4.69) is 6.92 Å². The van der Waals surface area contributed by atoms with Crippen LogP contribution in [0.3, 0.4) is 0 Å². The molecule has 0 aromatic carbocycles. The number of thiocarbonyl (C=S) groups is 1. The number of hydrogen-bond donors (Lipinski definition) is 0. The topological polar surface area (TPSA) is 0 Å². The van der Waals surface area contributed by atoms with Gasteiger partial charge in [-0.05, 0) is 6.42 Å². The highest BCUT2D eigenvalue weighted by Gasteiger charge is 1.78. The van der Waals surface area contributed by atoms with Crippen LogP contribution in [-0.2, 0) is 30.4 Å². The molecule has 0 nitrogen and oxygen atoms in total. The highest BCUT2D eigenvalue weighted by molar-refractivity contribution is 8.56. The van der Waals surface area contributed by atoms with Gasteiger partial charge >= 0.3 is 0 Å². The smallest absolute Gasteiger partial charge is 0.0412 e. The van der Waals surface area contributed by atoms with E-state index in [1.165, 1.54) is 0 Å². The van der Waals surface area contributed by atoms with E-state index in [0.29, 0.717) is 0 Å². The quantitative estimate of drug-likeness (QED) is 0.472. The normalized spacial score (nSPS) is 9.75. The van der Waals surface area contributed by atoms with Gasteiger partial charge < -0.3 is 8.01 Å². The van der Waals surface area contributed by atoms with Gasteiger partial charge in [0.05, 0.1) is 0 Å². The molecule has 0 bridgehead atoms. The molecule has 0 aromatic rings. The van der Waals surface area contributed by atoms with Gasteiger partial charge in [0.15, 0.2) is 0 Å². The van der Waals surface area contributed by atoms with Crippen LogP contribution in [0, 0.1) is 0 Å². The minimum atomic E-state index is -0.462. The van der Waals surface area contributed by atoms with E-state index in [0.717, 1.165) is 17.0 Å². The van der Waals surface area contributed by atoms with Crippen molar-refractivity contribution in [3.05, 3.63) is 0 Å². The summed E-state index contributed by atoms with van der Waals surface area (Å²) in [5.74, 6) is 0. The lowest BCUT2D eigenvalue weighted by molar-refractivity contribution is 1.01. The van der Waals surface area contributed by atoms with Crippen molar-refractivity contribution in [3.63, 3.8) is 0 Å². The van der Waals surface area contributed by atoms with Crippen molar-refractivity contribution in [2.45, 2.75) is 19.8 Å². The third kappa shape index (κ3) is 3.83. The minimum Gasteiger partial charge on any atom is -0.313 e. The molecule has 0 unspecified atom stereocenters. The number of hydrogen-bond acceptors (Lipinski definition) is 4. The fraction of sp³-hybridized carbons (Fsp3) is 0.750. The van der Waals surface area contributed by atoms with Crippen LogP contribution in [0.5, 0.6) is 0 Å². The summed E-state index contributed by atoms with van der Waals surface area (Å²) in [6, 6.07) is 0. The van der Waals surface area contributed by atoms with Gasteiger partial charge in [0.25, 0.3) is 0 Å². The van der Waals surface area contributed by atoms with E-state index in [4.69, 9.17) is 34.6 Å². The van der Waals surface area contributed by atoms with Crippen LogP contribution in [0.15, 0.2) is 0 Å². The average molecular weight is 183 g/mol. The monoisotopic (exact) mass is 183 g/mol. The third-order valence-electron chi connectivity index (χ3n) is 0.640. The fourth-order valence-corrected chi connectivity index (χ4v) is 1.36. The number of rotatable bonds is 2. The maximum atomic E-state index is 4.88. The zero-order valence-corrected chi connectivity index (χ0v) is 7.81. The molecule has 0 N–H and O–H groups in total. The van der Waals surface area contributed by atoms with E-state index in [1.54, 1.807) is 0 Å². The van der Waals surface area contributed by atoms with E-state index >= 15 is 0 Å². The molecule has 0 amide bonds. The second-order valence-corrected chi connectivity index (χ2v) is 5.70. The zero-order chi connectivity index (χ0) is 6.57. The lowest BCUT2D eigenvalue weighted by Crippen LogP contribution is -1.91. The Kier molecular flexibility index (Phi) is 5.25. The molecular weight excluding hydrogens is 176 g/mol. The Labute approximate surface area is 66.5 Å². The predicted octanol–water partition coefficient (Wildman–Crippen LogP) is 1.66. The molecule has 0 rings (SSSR count). The van der Waals surface area contributed by atoms with Gasteiger partial charge in [-0.15, -0.1) is 12.2 Å². The van der Waals surface area contributed by atoms with Crippen LogP contribution < -0.4 is 0 Å². The Morgan fingerprint density at radius 3 is 2.12 bits per heavy atom. The summed E-state index contributed by atoms with van der Waals surface area (Å²) < 4.78 is 0.873. The van der Waals surface area contributed by atoms with Crippen molar-refractivity contribution >= 4 is 46.8 Å². The van der Waals surface area contributed by atoms with Crippen molar-refractivity contribution in [3.8, 4) is 0 Å². The summed E-state index contributed by atoms with van der Waals surface area (Å²) in [6.45, 7) is 2.07. The maximum absolute atomic E-state index is 4.88. The first-order chi connectivity index (χ1) is 3.68. The summed E-state index contributed by atoms with van der Waals surface area (Å²) in [7, 11) is -0.462. The van der Waals surface area contributed by atoms with E-state index < -0.39 is 8.01 Å². The Morgan fingerprint density at radius 1 is 1.50 bits per heavy atom. The molecule has 0 heterocycles. The Hall–Kier alpha value is 0.880. The van der Waals surface area contributed by atoms with Crippen LogP contribution in [0.4, 0.5) is 0 Å². The molecule has 0 spiro atoms. The molecule has 8 heavy (non-hydrogen) atoms. The maximum Gasteiger partial charge on any atom is -0.0412 e. The third-order valence-corrected chi connectivity index (χ3v) is 3.76. The van der Waals surface area contributed by atoms with Crippen LogP contribution >= 0.6 is 12.2 Å². The van der Waals surface area contributed by atoms with Gasteiger partial charge in [-0.1, -0.05) is 17.5 Å². The van der Waals surface area contributed by atoms with Gasteiger partial charge in [0.1, 0.15) is 0 Å². The highest BCUT2D eigenvalue weighted by atomic mass is 33.1. The SMILES string of the molecule is CCCC(=S)[S-](=S)=S. The van der Waals surface area contributed by atoms with Crippen LogP contribution in [0.25, 0.3) is 0 Å².